The number of aliphatic hydroxyl groups is 1. The van der Waals surface area contributed by atoms with E-state index in [1.54, 1.807) is 0 Å². The summed E-state index contributed by atoms with van der Waals surface area (Å²) >= 11 is 0. The number of hydrogen-bond acceptors (Lipinski definition) is 3. The van der Waals surface area contributed by atoms with Gasteiger partial charge in [-0.2, -0.15) is 0 Å². The van der Waals surface area contributed by atoms with Crippen LogP contribution in [0.15, 0.2) is 0 Å². The minimum absolute atomic E-state index is 0.366. The second-order valence-electron chi connectivity index (χ2n) is 5.71. The Bertz CT molecular complexity index is 222. The standard InChI is InChI=1S/C14H27NO2/c1-17-14-8-3-2-7-13(14)15-9-11-5-4-6-12(11)10-16/h11-16H,2-10H2,1H3. The first kappa shape index (κ1) is 13.3. The minimum atomic E-state index is 0.366. The van der Waals surface area contributed by atoms with Crippen molar-refractivity contribution in [3.8, 4) is 0 Å². The summed E-state index contributed by atoms with van der Waals surface area (Å²) in [6.07, 6.45) is 9.25. The Kier molecular flexibility index (Phi) is 5.26. The average Bonchev–Trinajstić information content (AvgIpc) is 2.84. The van der Waals surface area contributed by atoms with Gasteiger partial charge in [0.2, 0.25) is 0 Å². The summed E-state index contributed by atoms with van der Waals surface area (Å²) in [4.78, 5) is 0. The van der Waals surface area contributed by atoms with Gasteiger partial charge < -0.3 is 15.2 Å². The zero-order valence-electron chi connectivity index (χ0n) is 11.0. The molecule has 2 aliphatic rings. The van der Waals surface area contributed by atoms with Gasteiger partial charge in [0.25, 0.3) is 0 Å². The fraction of sp³-hybridized carbons (Fsp3) is 1.00. The van der Waals surface area contributed by atoms with Gasteiger partial charge in [-0.05, 0) is 44.1 Å². The average molecular weight is 241 g/mol. The predicted octanol–water partition coefficient (Wildman–Crippen LogP) is 1.94. The zero-order valence-corrected chi connectivity index (χ0v) is 11.0. The molecule has 0 bridgehead atoms. The van der Waals surface area contributed by atoms with Crippen LogP contribution in [0.1, 0.15) is 44.9 Å². The highest BCUT2D eigenvalue weighted by Crippen LogP contribution is 2.31. The summed E-state index contributed by atoms with van der Waals surface area (Å²) in [5.74, 6) is 1.21. The lowest BCUT2D eigenvalue weighted by Crippen LogP contribution is -2.45. The van der Waals surface area contributed by atoms with Gasteiger partial charge in [-0.1, -0.05) is 19.3 Å². The summed E-state index contributed by atoms with van der Waals surface area (Å²) in [6, 6.07) is 0.536. The molecule has 0 heterocycles. The maximum absolute atomic E-state index is 9.32. The Morgan fingerprint density at radius 2 is 1.82 bits per heavy atom. The quantitative estimate of drug-likeness (QED) is 0.773. The lowest BCUT2D eigenvalue weighted by molar-refractivity contribution is 0.0393. The molecule has 3 heteroatoms. The normalized spacial score (nSPS) is 38.5. The van der Waals surface area contributed by atoms with Crippen LogP contribution in [-0.4, -0.2) is 37.5 Å². The predicted molar refractivity (Wildman–Crippen MR) is 69.0 cm³/mol. The van der Waals surface area contributed by atoms with Crippen LogP contribution in [0.5, 0.6) is 0 Å². The first-order chi connectivity index (χ1) is 8.35. The highest BCUT2D eigenvalue weighted by atomic mass is 16.5. The first-order valence-electron chi connectivity index (χ1n) is 7.22. The molecule has 0 aromatic carbocycles. The van der Waals surface area contributed by atoms with Gasteiger partial charge in [0.15, 0.2) is 0 Å². The van der Waals surface area contributed by atoms with Crippen LogP contribution in [0.25, 0.3) is 0 Å². The fourth-order valence-electron chi connectivity index (χ4n) is 3.54. The third-order valence-corrected chi connectivity index (χ3v) is 4.70. The Morgan fingerprint density at radius 3 is 2.59 bits per heavy atom. The van der Waals surface area contributed by atoms with E-state index in [1.165, 1.54) is 44.9 Å². The van der Waals surface area contributed by atoms with Crippen LogP contribution >= 0.6 is 0 Å². The summed E-state index contributed by atoms with van der Waals surface area (Å²) in [5.41, 5.74) is 0. The maximum Gasteiger partial charge on any atom is 0.0724 e. The molecule has 17 heavy (non-hydrogen) atoms. The minimum Gasteiger partial charge on any atom is -0.396 e. The van der Waals surface area contributed by atoms with Crippen molar-refractivity contribution in [2.45, 2.75) is 57.1 Å². The van der Waals surface area contributed by atoms with Gasteiger partial charge in [0, 0.05) is 19.8 Å². The van der Waals surface area contributed by atoms with Crippen molar-refractivity contribution in [2.75, 3.05) is 20.3 Å². The highest BCUT2D eigenvalue weighted by molar-refractivity contribution is 4.85. The van der Waals surface area contributed by atoms with Gasteiger partial charge in [0.1, 0.15) is 0 Å². The smallest absolute Gasteiger partial charge is 0.0724 e. The van der Waals surface area contributed by atoms with Crippen molar-refractivity contribution < 1.29 is 9.84 Å². The van der Waals surface area contributed by atoms with Crippen molar-refractivity contribution in [1.82, 2.24) is 5.32 Å². The molecule has 0 aliphatic heterocycles. The number of methoxy groups -OCH3 is 1. The van der Waals surface area contributed by atoms with Crippen molar-refractivity contribution in [2.24, 2.45) is 11.8 Å². The van der Waals surface area contributed by atoms with Crippen LogP contribution in [0.4, 0.5) is 0 Å². The van der Waals surface area contributed by atoms with E-state index in [1.807, 2.05) is 7.11 Å². The number of nitrogens with one attached hydrogen (secondary N) is 1. The number of rotatable bonds is 5. The van der Waals surface area contributed by atoms with E-state index in [4.69, 9.17) is 4.74 Å². The Labute approximate surface area is 105 Å². The van der Waals surface area contributed by atoms with Crippen LogP contribution in [0, 0.1) is 11.8 Å². The zero-order chi connectivity index (χ0) is 12.1. The molecule has 0 saturated heterocycles. The fourth-order valence-corrected chi connectivity index (χ4v) is 3.54. The Balaban J connectivity index is 1.76. The van der Waals surface area contributed by atoms with Gasteiger partial charge in [-0.15, -0.1) is 0 Å². The maximum atomic E-state index is 9.32. The molecule has 2 saturated carbocycles. The Morgan fingerprint density at radius 1 is 1.06 bits per heavy atom. The summed E-state index contributed by atoms with van der Waals surface area (Å²) in [7, 11) is 1.83. The van der Waals surface area contributed by atoms with Crippen LogP contribution < -0.4 is 5.32 Å². The first-order valence-corrected chi connectivity index (χ1v) is 7.22. The number of ether oxygens (including phenoxy) is 1. The summed E-state index contributed by atoms with van der Waals surface area (Å²) < 4.78 is 5.56. The molecule has 0 radical (unpaired) electrons. The Hall–Kier alpha value is -0.120. The third kappa shape index (κ3) is 3.43. The largest absolute Gasteiger partial charge is 0.396 e. The lowest BCUT2D eigenvalue weighted by atomic mass is 9.91. The molecule has 3 nitrogen and oxygen atoms in total. The second-order valence-corrected chi connectivity index (χ2v) is 5.71. The van der Waals surface area contributed by atoms with Crippen molar-refractivity contribution in [3.05, 3.63) is 0 Å². The van der Waals surface area contributed by atoms with E-state index in [-0.39, 0.29) is 0 Å². The number of aliphatic hydroxyl groups excluding tert-OH is 1. The molecule has 2 rings (SSSR count). The van der Waals surface area contributed by atoms with Gasteiger partial charge >= 0.3 is 0 Å². The van der Waals surface area contributed by atoms with Crippen LogP contribution in [-0.2, 0) is 4.74 Å². The van der Waals surface area contributed by atoms with E-state index >= 15 is 0 Å². The van der Waals surface area contributed by atoms with Gasteiger partial charge in [-0.3, -0.25) is 0 Å². The molecule has 4 unspecified atom stereocenters. The monoisotopic (exact) mass is 241 g/mol. The molecule has 0 aromatic rings. The van der Waals surface area contributed by atoms with Crippen molar-refractivity contribution in [3.63, 3.8) is 0 Å². The van der Waals surface area contributed by atoms with Gasteiger partial charge in [-0.25, -0.2) is 0 Å². The lowest BCUT2D eigenvalue weighted by Gasteiger charge is -2.32. The molecular formula is C14H27NO2. The second kappa shape index (κ2) is 6.72. The molecule has 4 atom stereocenters. The molecule has 2 aliphatic carbocycles. The summed E-state index contributed by atoms with van der Waals surface area (Å²) in [6.45, 7) is 1.43. The molecule has 0 amide bonds. The topological polar surface area (TPSA) is 41.5 Å². The van der Waals surface area contributed by atoms with E-state index in [0.717, 1.165) is 6.54 Å². The van der Waals surface area contributed by atoms with Crippen molar-refractivity contribution in [1.29, 1.82) is 0 Å². The van der Waals surface area contributed by atoms with Gasteiger partial charge in [0.05, 0.1) is 6.10 Å². The molecule has 0 spiro atoms. The number of hydrogen-bond donors (Lipinski definition) is 2. The van der Waals surface area contributed by atoms with E-state index < -0.39 is 0 Å². The molecule has 2 N–H and O–H groups in total. The molecule has 100 valence electrons. The van der Waals surface area contributed by atoms with Crippen LogP contribution in [0.2, 0.25) is 0 Å². The highest BCUT2D eigenvalue weighted by Gasteiger charge is 2.29. The molecule has 0 aromatic heterocycles. The van der Waals surface area contributed by atoms with Crippen LogP contribution in [0.3, 0.4) is 0 Å². The van der Waals surface area contributed by atoms with E-state index in [9.17, 15) is 5.11 Å². The van der Waals surface area contributed by atoms with E-state index in [0.29, 0.717) is 30.6 Å². The summed E-state index contributed by atoms with van der Waals surface area (Å²) in [5, 5.41) is 13.0. The van der Waals surface area contributed by atoms with Crippen molar-refractivity contribution >= 4 is 0 Å². The van der Waals surface area contributed by atoms with E-state index in [2.05, 4.69) is 5.32 Å². The molecule has 2 fully saturated rings. The SMILES string of the molecule is COC1CCCCC1NCC1CCCC1CO. The third-order valence-electron chi connectivity index (χ3n) is 4.70. The molecular weight excluding hydrogens is 214 g/mol.